The third-order valence-electron chi connectivity index (χ3n) is 6.04. The molecule has 0 saturated heterocycles. The van der Waals surface area contributed by atoms with Gasteiger partial charge in [0.05, 0.1) is 51.1 Å². The maximum Gasteiger partial charge on any atom is 0.238 e. The molecular formula is C27H23N9O2S. The van der Waals surface area contributed by atoms with Crippen LogP contribution in [0.25, 0.3) is 55.3 Å². The molecule has 0 fully saturated rings. The van der Waals surface area contributed by atoms with Gasteiger partial charge in [-0.25, -0.2) is 4.98 Å². The lowest BCUT2D eigenvalue weighted by Gasteiger charge is -2.10. The summed E-state index contributed by atoms with van der Waals surface area (Å²) in [7, 11) is 3.67. The normalized spacial score (nSPS) is 11.5. The molecule has 0 saturated carbocycles. The van der Waals surface area contributed by atoms with E-state index >= 15 is 0 Å². The predicted molar refractivity (Wildman–Crippen MR) is 151 cm³/mol. The average Bonchev–Trinajstić information content (AvgIpc) is 3.65. The molecule has 12 heteroatoms. The molecule has 0 unspecified atom stereocenters. The van der Waals surface area contributed by atoms with E-state index in [0.29, 0.717) is 39.0 Å². The van der Waals surface area contributed by atoms with Crippen molar-refractivity contribution < 1.29 is 9.59 Å². The van der Waals surface area contributed by atoms with E-state index in [1.54, 1.807) is 36.6 Å². The number of fused-ring (bicyclic) bond motifs is 2. The molecule has 0 aliphatic heterocycles. The lowest BCUT2D eigenvalue weighted by atomic mass is 10.1. The summed E-state index contributed by atoms with van der Waals surface area (Å²) < 4.78 is 0. The Balaban J connectivity index is 1.37. The van der Waals surface area contributed by atoms with Crippen molar-refractivity contribution in [3.8, 4) is 33.3 Å². The molecule has 3 N–H and O–H groups in total. The highest BCUT2D eigenvalue weighted by atomic mass is 32.1. The standard InChI is InChI=1S/C27H23N9O2S/c1-14(37)21-4-5-22(39-21)26-25-18(6-7-29-26)32-27(33-25)24-17-9-19(30-12-20(17)34-35-24)15-8-16(11-28-10-15)31-23(38)13-36(2)3/h4-12H,13H2,1-3H3,(H,31,38)(H,32,33)(H,34,35). The van der Waals surface area contributed by atoms with Crippen molar-refractivity contribution in [3.05, 3.63) is 60.0 Å². The van der Waals surface area contributed by atoms with Crippen molar-refractivity contribution in [3.63, 3.8) is 0 Å². The molecule has 0 aromatic carbocycles. The summed E-state index contributed by atoms with van der Waals surface area (Å²) in [6, 6.07) is 9.32. The Morgan fingerprint density at radius 1 is 1.03 bits per heavy atom. The third kappa shape index (κ3) is 4.78. The number of rotatable bonds is 7. The van der Waals surface area contributed by atoms with Gasteiger partial charge in [-0.05, 0) is 51.4 Å². The van der Waals surface area contributed by atoms with Gasteiger partial charge in [-0.15, -0.1) is 11.3 Å². The van der Waals surface area contributed by atoms with E-state index in [2.05, 4.69) is 35.5 Å². The number of carbonyl (C=O) groups is 2. The van der Waals surface area contributed by atoms with Gasteiger partial charge in [0.25, 0.3) is 0 Å². The maximum atomic E-state index is 12.2. The van der Waals surface area contributed by atoms with Crippen molar-refractivity contribution in [1.29, 1.82) is 0 Å². The van der Waals surface area contributed by atoms with Crippen LogP contribution in [0.4, 0.5) is 5.69 Å². The molecule has 1 amide bonds. The first kappa shape index (κ1) is 24.5. The van der Waals surface area contributed by atoms with Gasteiger partial charge in [0, 0.05) is 23.3 Å². The minimum Gasteiger partial charge on any atom is -0.336 e. The lowest BCUT2D eigenvalue weighted by molar-refractivity contribution is -0.116. The van der Waals surface area contributed by atoms with E-state index in [9.17, 15) is 9.59 Å². The predicted octanol–water partition coefficient (Wildman–Crippen LogP) is 4.39. The SMILES string of the molecule is CC(=O)c1ccc(-c2nccc3[nH]c(-c4n[nH]c5cnc(-c6cncc(NC(=O)CN(C)C)c6)cc45)nc23)s1. The van der Waals surface area contributed by atoms with Crippen LogP contribution in [-0.2, 0) is 4.79 Å². The molecule has 194 valence electrons. The van der Waals surface area contributed by atoms with Crippen LogP contribution in [-0.4, -0.2) is 72.3 Å². The van der Waals surface area contributed by atoms with Crippen molar-refractivity contribution in [2.75, 3.05) is 26.0 Å². The molecule has 6 aromatic heterocycles. The molecule has 0 aliphatic rings. The van der Waals surface area contributed by atoms with Gasteiger partial charge in [-0.1, -0.05) is 0 Å². The number of H-pyrrole nitrogens is 2. The van der Waals surface area contributed by atoms with Crippen LogP contribution in [0.15, 0.2) is 55.1 Å². The number of carbonyl (C=O) groups excluding carboxylic acids is 2. The number of nitrogens with one attached hydrogen (secondary N) is 3. The second-order valence-electron chi connectivity index (χ2n) is 9.30. The summed E-state index contributed by atoms with van der Waals surface area (Å²) in [6.07, 6.45) is 6.73. The number of amides is 1. The second kappa shape index (κ2) is 9.82. The molecule has 6 aromatic rings. The van der Waals surface area contributed by atoms with Crippen molar-refractivity contribution in [2.24, 2.45) is 0 Å². The highest BCUT2D eigenvalue weighted by Gasteiger charge is 2.18. The van der Waals surface area contributed by atoms with Crippen LogP contribution in [0.3, 0.4) is 0 Å². The third-order valence-corrected chi connectivity index (χ3v) is 7.23. The second-order valence-corrected chi connectivity index (χ2v) is 10.4. The van der Waals surface area contributed by atoms with Crippen LogP contribution < -0.4 is 5.32 Å². The monoisotopic (exact) mass is 537 g/mol. The number of hydrogen-bond acceptors (Lipinski definition) is 9. The van der Waals surface area contributed by atoms with E-state index in [1.807, 2.05) is 44.4 Å². The summed E-state index contributed by atoms with van der Waals surface area (Å²) in [5.41, 5.74) is 5.61. The Morgan fingerprint density at radius 2 is 1.90 bits per heavy atom. The number of aromatic amines is 2. The molecule has 6 heterocycles. The van der Waals surface area contributed by atoms with Gasteiger partial charge in [0.15, 0.2) is 11.6 Å². The quantitative estimate of drug-likeness (QED) is 0.254. The van der Waals surface area contributed by atoms with Crippen LogP contribution in [0.2, 0.25) is 0 Å². The molecule has 0 radical (unpaired) electrons. The number of pyridine rings is 3. The smallest absolute Gasteiger partial charge is 0.238 e. The fourth-order valence-electron chi connectivity index (χ4n) is 4.27. The molecule has 0 bridgehead atoms. The zero-order valence-corrected chi connectivity index (χ0v) is 22.1. The fraction of sp³-hybridized carbons (Fsp3) is 0.148. The number of Topliss-reactive ketones (excluding diaryl/α,β-unsaturated/α-hetero) is 1. The summed E-state index contributed by atoms with van der Waals surface area (Å²) in [4.78, 5) is 48.9. The summed E-state index contributed by atoms with van der Waals surface area (Å²) in [6.45, 7) is 1.82. The van der Waals surface area contributed by atoms with Gasteiger partial charge in [0.2, 0.25) is 5.91 Å². The highest BCUT2D eigenvalue weighted by Crippen LogP contribution is 2.34. The lowest BCUT2D eigenvalue weighted by Crippen LogP contribution is -2.27. The fourth-order valence-corrected chi connectivity index (χ4v) is 5.17. The molecule has 0 atom stereocenters. The first-order valence-electron chi connectivity index (χ1n) is 12.1. The number of aromatic nitrogens is 7. The zero-order chi connectivity index (χ0) is 27.1. The summed E-state index contributed by atoms with van der Waals surface area (Å²) in [5.74, 6) is 0.470. The number of ketones is 1. The van der Waals surface area contributed by atoms with Gasteiger partial charge < -0.3 is 15.2 Å². The van der Waals surface area contributed by atoms with Crippen molar-refractivity contribution in [2.45, 2.75) is 6.92 Å². The Kier molecular flexibility index (Phi) is 6.17. The van der Waals surface area contributed by atoms with Gasteiger partial charge in [-0.2, -0.15) is 5.10 Å². The molecule has 39 heavy (non-hydrogen) atoms. The number of nitrogens with zero attached hydrogens (tertiary/aromatic N) is 6. The minimum atomic E-state index is -0.127. The molecular weight excluding hydrogens is 514 g/mol. The first-order chi connectivity index (χ1) is 18.9. The van der Waals surface area contributed by atoms with Crippen LogP contribution >= 0.6 is 11.3 Å². The van der Waals surface area contributed by atoms with Crippen molar-refractivity contribution >= 4 is 50.7 Å². The minimum absolute atomic E-state index is 0.0187. The average molecular weight is 538 g/mol. The zero-order valence-electron chi connectivity index (χ0n) is 21.3. The Morgan fingerprint density at radius 3 is 2.69 bits per heavy atom. The Bertz CT molecular complexity index is 1870. The van der Waals surface area contributed by atoms with Crippen molar-refractivity contribution in [1.82, 2.24) is 40.0 Å². The number of thiophene rings is 1. The Hall–Kier alpha value is -4.81. The van der Waals surface area contributed by atoms with Gasteiger partial charge in [0.1, 0.15) is 16.9 Å². The summed E-state index contributed by atoms with van der Waals surface area (Å²) in [5, 5.41) is 11.2. The van der Waals surface area contributed by atoms with Gasteiger partial charge in [-0.3, -0.25) is 29.6 Å². The molecule has 11 nitrogen and oxygen atoms in total. The van der Waals surface area contributed by atoms with E-state index in [0.717, 1.165) is 26.9 Å². The number of imidazole rings is 1. The molecule has 0 spiro atoms. The van der Waals surface area contributed by atoms with Gasteiger partial charge >= 0.3 is 0 Å². The summed E-state index contributed by atoms with van der Waals surface area (Å²) >= 11 is 1.39. The number of anilines is 1. The van der Waals surface area contributed by atoms with E-state index in [4.69, 9.17) is 4.98 Å². The van der Waals surface area contributed by atoms with E-state index < -0.39 is 0 Å². The van der Waals surface area contributed by atoms with Crippen LogP contribution in [0.1, 0.15) is 16.6 Å². The topological polar surface area (TPSA) is 145 Å². The first-order valence-corrected chi connectivity index (χ1v) is 12.9. The Labute approximate surface area is 226 Å². The van der Waals surface area contributed by atoms with E-state index in [1.165, 1.54) is 11.3 Å². The number of likely N-dealkylation sites (N-methyl/N-ethyl adjacent to an activating group) is 1. The molecule has 0 aliphatic carbocycles. The maximum absolute atomic E-state index is 12.2. The largest absolute Gasteiger partial charge is 0.336 e. The number of hydrogen-bond donors (Lipinski definition) is 3. The van der Waals surface area contributed by atoms with Crippen LogP contribution in [0.5, 0.6) is 0 Å². The highest BCUT2D eigenvalue weighted by molar-refractivity contribution is 7.17. The van der Waals surface area contributed by atoms with Crippen LogP contribution in [0, 0.1) is 0 Å². The molecule has 6 rings (SSSR count). The van der Waals surface area contributed by atoms with E-state index in [-0.39, 0.29) is 18.2 Å².